The maximum atomic E-state index is 13.0. The van der Waals surface area contributed by atoms with Crippen LogP contribution in [0.4, 0.5) is 18.9 Å². The van der Waals surface area contributed by atoms with E-state index in [0.29, 0.717) is 34.7 Å². The van der Waals surface area contributed by atoms with Crippen molar-refractivity contribution in [2.24, 2.45) is 0 Å². The lowest BCUT2D eigenvalue weighted by Crippen LogP contribution is -2.14. The summed E-state index contributed by atoms with van der Waals surface area (Å²) in [7, 11) is 0. The van der Waals surface area contributed by atoms with Gasteiger partial charge in [-0.15, -0.1) is 0 Å². The Morgan fingerprint density at radius 2 is 1.84 bits per heavy atom. The zero-order chi connectivity index (χ0) is 27.2. The molecule has 0 saturated carbocycles. The van der Waals surface area contributed by atoms with Crippen LogP contribution >= 0.6 is 15.9 Å². The molecule has 0 aliphatic heterocycles. The fraction of sp³-hybridized carbons (Fsp3) is 0.214. The number of hydrogen-bond donors (Lipinski definition) is 1. The third-order valence-corrected chi connectivity index (χ3v) is 6.00. The van der Waals surface area contributed by atoms with Crippen LogP contribution in [-0.2, 0) is 17.6 Å². The van der Waals surface area contributed by atoms with Crippen molar-refractivity contribution < 1.29 is 27.4 Å². The first-order chi connectivity index (χ1) is 17.5. The molecule has 0 saturated heterocycles. The van der Waals surface area contributed by atoms with Gasteiger partial charge in [0.2, 0.25) is 0 Å². The molecule has 0 spiro atoms. The highest BCUT2D eigenvalue weighted by molar-refractivity contribution is 9.10. The van der Waals surface area contributed by atoms with E-state index in [2.05, 4.69) is 21.2 Å². The van der Waals surface area contributed by atoms with E-state index in [9.17, 15) is 23.2 Å². The van der Waals surface area contributed by atoms with Crippen LogP contribution in [0.5, 0.6) is 11.5 Å². The van der Waals surface area contributed by atoms with Crippen molar-refractivity contribution in [2.45, 2.75) is 33.6 Å². The Morgan fingerprint density at radius 3 is 2.49 bits per heavy atom. The average Bonchev–Trinajstić information content (AvgIpc) is 2.84. The van der Waals surface area contributed by atoms with Crippen LogP contribution in [-0.4, -0.2) is 12.5 Å². The van der Waals surface area contributed by atoms with Gasteiger partial charge in [-0.1, -0.05) is 24.3 Å². The van der Waals surface area contributed by atoms with Crippen molar-refractivity contribution in [3.05, 3.63) is 92.5 Å². The number of ether oxygens (including phenoxy) is 2. The van der Waals surface area contributed by atoms with Gasteiger partial charge >= 0.3 is 6.18 Å². The highest BCUT2D eigenvalue weighted by atomic mass is 79.9. The minimum atomic E-state index is -4.56. The van der Waals surface area contributed by atoms with Crippen molar-refractivity contribution in [1.29, 1.82) is 5.26 Å². The number of aryl methyl sites for hydroxylation is 2. The van der Waals surface area contributed by atoms with Gasteiger partial charge in [-0.05, 0) is 95.4 Å². The lowest BCUT2D eigenvalue weighted by Gasteiger charge is -2.15. The summed E-state index contributed by atoms with van der Waals surface area (Å²) in [5, 5.41) is 11.9. The summed E-state index contributed by atoms with van der Waals surface area (Å²) in [5.41, 5.74) is 2.50. The molecule has 3 aromatic rings. The number of anilines is 1. The molecule has 0 aliphatic rings. The first-order valence-electron chi connectivity index (χ1n) is 11.3. The summed E-state index contributed by atoms with van der Waals surface area (Å²) in [5.74, 6) is 0.0256. The number of halogens is 4. The Labute approximate surface area is 221 Å². The Hall–Kier alpha value is -3.77. The molecule has 0 atom stereocenters. The Morgan fingerprint density at radius 1 is 1.08 bits per heavy atom. The summed E-state index contributed by atoms with van der Waals surface area (Å²) < 4.78 is 51.2. The lowest BCUT2D eigenvalue weighted by molar-refractivity contribution is -0.137. The highest BCUT2D eigenvalue weighted by Crippen LogP contribution is 2.38. The van der Waals surface area contributed by atoms with Crippen LogP contribution in [0.3, 0.4) is 0 Å². The molecule has 192 valence electrons. The van der Waals surface area contributed by atoms with Gasteiger partial charge in [0.05, 0.1) is 16.6 Å². The smallest absolute Gasteiger partial charge is 0.416 e. The molecular formula is C28H24BrF3N2O3. The Bertz CT molecular complexity index is 1380. The van der Waals surface area contributed by atoms with E-state index in [1.165, 1.54) is 23.8 Å². The predicted octanol–water partition coefficient (Wildman–Crippen LogP) is 7.61. The molecule has 0 fully saturated rings. The molecule has 0 aromatic heterocycles. The molecule has 3 rings (SSSR count). The van der Waals surface area contributed by atoms with Crippen LogP contribution in [0.1, 0.15) is 34.7 Å². The van der Waals surface area contributed by atoms with E-state index in [0.717, 1.165) is 23.3 Å². The molecule has 37 heavy (non-hydrogen) atoms. The molecule has 0 aliphatic carbocycles. The lowest BCUT2D eigenvalue weighted by atomic mass is 10.1. The summed E-state index contributed by atoms with van der Waals surface area (Å²) in [6, 6.07) is 15.3. The quantitative estimate of drug-likeness (QED) is 0.223. The van der Waals surface area contributed by atoms with Crippen LogP contribution in [0.25, 0.3) is 6.08 Å². The summed E-state index contributed by atoms with van der Waals surface area (Å²) in [4.78, 5) is 12.6. The molecule has 0 heterocycles. The molecule has 9 heteroatoms. The van der Waals surface area contributed by atoms with Crippen LogP contribution < -0.4 is 14.8 Å². The molecular weight excluding hydrogens is 549 g/mol. The van der Waals surface area contributed by atoms with E-state index in [-0.39, 0.29) is 11.3 Å². The van der Waals surface area contributed by atoms with E-state index in [1.807, 2.05) is 39.0 Å². The summed E-state index contributed by atoms with van der Waals surface area (Å²) in [6.07, 6.45) is -3.23. The van der Waals surface area contributed by atoms with Gasteiger partial charge in [-0.25, -0.2) is 0 Å². The van der Waals surface area contributed by atoms with Gasteiger partial charge in [0.25, 0.3) is 5.91 Å². The summed E-state index contributed by atoms with van der Waals surface area (Å²) >= 11 is 3.47. The van der Waals surface area contributed by atoms with Gasteiger partial charge in [0, 0.05) is 5.69 Å². The topological polar surface area (TPSA) is 71.3 Å². The number of carbonyl (C=O) groups is 1. The number of hydrogen-bond acceptors (Lipinski definition) is 4. The van der Waals surface area contributed by atoms with Gasteiger partial charge in [0.15, 0.2) is 11.5 Å². The van der Waals surface area contributed by atoms with Gasteiger partial charge in [-0.2, -0.15) is 18.4 Å². The van der Waals surface area contributed by atoms with Crippen LogP contribution in [0, 0.1) is 25.2 Å². The molecule has 0 bridgehead atoms. The van der Waals surface area contributed by atoms with Crippen molar-refractivity contribution in [2.75, 3.05) is 11.9 Å². The predicted molar refractivity (Wildman–Crippen MR) is 139 cm³/mol. The number of nitrogens with one attached hydrogen (secondary N) is 1. The maximum Gasteiger partial charge on any atom is 0.416 e. The standard InChI is InChI=1S/C28H24BrF3N2O3/c1-4-36-25-13-20(12-24(29)26(25)37-16-19-9-8-17(2)18(3)10-19)11-21(15-33)27(35)34-23-7-5-6-22(14-23)28(30,31)32/h5-14H,4,16H2,1-3H3,(H,34,35)/b21-11+. The van der Waals surface area contributed by atoms with Crippen molar-refractivity contribution in [3.63, 3.8) is 0 Å². The zero-order valence-corrected chi connectivity index (χ0v) is 22.0. The fourth-order valence-electron chi connectivity index (χ4n) is 3.41. The number of rotatable bonds is 8. The third-order valence-electron chi connectivity index (χ3n) is 5.41. The second-order valence-electron chi connectivity index (χ2n) is 8.17. The number of nitriles is 1. The molecule has 0 radical (unpaired) electrons. The highest BCUT2D eigenvalue weighted by Gasteiger charge is 2.30. The van der Waals surface area contributed by atoms with Gasteiger partial charge < -0.3 is 14.8 Å². The van der Waals surface area contributed by atoms with Gasteiger partial charge in [-0.3, -0.25) is 4.79 Å². The van der Waals surface area contributed by atoms with E-state index >= 15 is 0 Å². The first kappa shape index (κ1) is 27.8. The molecule has 5 nitrogen and oxygen atoms in total. The number of carbonyl (C=O) groups excluding carboxylic acids is 1. The monoisotopic (exact) mass is 572 g/mol. The minimum absolute atomic E-state index is 0.0766. The number of amides is 1. The van der Waals surface area contributed by atoms with E-state index < -0.39 is 17.6 Å². The fourth-order valence-corrected chi connectivity index (χ4v) is 3.98. The Kier molecular flexibility index (Phi) is 9.00. The summed E-state index contributed by atoms with van der Waals surface area (Å²) in [6.45, 7) is 6.52. The largest absolute Gasteiger partial charge is 0.490 e. The number of nitrogens with zero attached hydrogens (tertiary/aromatic N) is 1. The van der Waals surface area contributed by atoms with Crippen LogP contribution in [0.15, 0.2) is 64.6 Å². The van der Waals surface area contributed by atoms with Gasteiger partial charge in [0.1, 0.15) is 18.2 Å². The second-order valence-corrected chi connectivity index (χ2v) is 9.03. The maximum absolute atomic E-state index is 13.0. The third kappa shape index (κ3) is 7.37. The number of benzene rings is 3. The SMILES string of the molecule is CCOc1cc(/C=C(\C#N)C(=O)Nc2cccc(C(F)(F)F)c2)cc(Br)c1OCc1ccc(C)c(C)c1. The average molecular weight is 573 g/mol. The molecule has 1 N–H and O–H groups in total. The first-order valence-corrected chi connectivity index (χ1v) is 12.1. The minimum Gasteiger partial charge on any atom is -0.490 e. The molecule has 0 unspecified atom stereocenters. The van der Waals surface area contributed by atoms with Crippen molar-refractivity contribution in [3.8, 4) is 17.6 Å². The molecule has 3 aromatic carbocycles. The zero-order valence-electron chi connectivity index (χ0n) is 20.4. The van der Waals surface area contributed by atoms with Crippen molar-refractivity contribution >= 4 is 33.6 Å². The van der Waals surface area contributed by atoms with Crippen molar-refractivity contribution in [1.82, 2.24) is 0 Å². The van der Waals surface area contributed by atoms with Crippen LogP contribution in [0.2, 0.25) is 0 Å². The van der Waals surface area contributed by atoms with E-state index in [1.54, 1.807) is 18.2 Å². The molecule has 1 amide bonds. The van der Waals surface area contributed by atoms with E-state index in [4.69, 9.17) is 9.47 Å². The second kappa shape index (κ2) is 12.0. The number of alkyl halides is 3. The Balaban J connectivity index is 1.84. The normalized spacial score (nSPS) is 11.6.